The first-order valence-corrected chi connectivity index (χ1v) is 7.08. The second-order valence-electron chi connectivity index (χ2n) is 4.56. The molecule has 0 fully saturated rings. The first-order valence-electron chi connectivity index (χ1n) is 7.08. The Morgan fingerprint density at radius 2 is 2.19 bits per heavy atom. The molecule has 0 saturated heterocycles. The van der Waals surface area contributed by atoms with Gasteiger partial charge < -0.3 is 25.6 Å². The van der Waals surface area contributed by atoms with Crippen LogP contribution in [0.15, 0.2) is 18.2 Å². The maximum Gasteiger partial charge on any atom is 0.179 e. The number of carbonyl (C=O) groups is 1. The summed E-state index contributed by atoms with van der Waals surface area (Å²) in [4.78, 5) is 12.2. The van der Waals surface area contributed by atoms with Gasteiger partial charge in [-0.2, -0.15) is 0 Å². The summed E-state index contributed by atoms with van der Waals surface area (Å²) < 4.78 is 10.5. The summed E-state index contributed by atoms with van der Waals surface area (Å²) in [6, 6.07) is 4.72. The van der Waals surface area contributed by atoms with Crippen LogP contribution in [0.2, 0.25) is 0 Å². The van der Waals surface area contributed by atoms with Crippen LogP contribution in [-0.2, 0) is 4.74 Å². The molecule has 1 atom stereocenters. The Hall–Kier alpha value is -1.63. The Bertz CT molecular complexity index is 451. The molecule has 0 aliphatic heterocycles. The molecule has 0 aromatic heterocycles. The molecular formula is C15H24N2O4. The molecule has 6 heteroatoms. The highest BCUT2D eigenvalue weighted by molar-refractivity contribution is 6.00. The maximum atomic E-state index is 12.2. The molecule has 0 bridgehead atoms. The smallest absolute Gasteiger partial charge is 0.179 e. The van der Waals surface area contributed by atoms with E-state index in [1.807, 2.05) is 6.92 Å². The normalized spacial score (nSPS) is 12.1. The number of nitrogens with two attached hydrogens (primary N) is 1. The molecule has 1 unspecified atom stereocenters. The van der Waals surface area contributed by atoms with Crippen LogP contribution in [0, 0.1) is 0 Å². The fourth-order valence-corrected chi connectivity index (χ4v) is 1.85. The van der Waals surface area contributed by atoms with Crippen LogP contribution in [0.25, 0.3) is 0 Å². The third-order valence-electron chi connectivity index (χ3n) is 2.92. The second-order valence-corrected chi connectivity index (χ2v) is 4.56. The summed E-state index contributed by atoms with van der Waals surface area (Å²) >= 11 is 0. The highest BCUT2D eigenvalue weighted by Crippen LogP contribution is 2.23. The van der Waals surface area contributed by atoms with E-state index in [1.54, 1.807) is 25.1 Å². The van der Waals surface area contributed by atoms with E-state index in [0.717, 1.165) is 0 Å². The fourth-order valence-electron chi connectivity index (χ4n) is 1.85. The number of rotatable bonds is 10. The van der Waals surface area contributed by atoms with Crippen LogP contribution in [0.4, 0.5) is 5.69 Å². The number of hydrogen-bond acceptors (Lipinski definition) is 6. The predicted molar refractivity (Wildman–Crippen MR) is 81.7 cm³/mol. The van der Waals surface area contributed by atoms with Crippen molar-refractivity contribution in [2.45, 2.75) is 19.9 Å². The van der Waals surface area contributed by atoms with E-state index in [1.165, 1.54) is 0 Å². The van der Waals surface area contributed by atoms with E-state index in [-0.39, 0.29) is 18.4 Å². The van der Waals surface area contributed by atoms with Crippen LogP contribution >= 0.6 is 0 Å². The number of Topliss-reactive ketones (excluding diaryl/α,β-unsaturated/α-hetero) is 1. The minimum atomic E-state index is -0.333. The van der Waals surface area contributed by atoms with Gasteiger partial charge in [-0.05, 0) is 32.0 Å². The minimum absolute atomic E-state index is 0.0000589. The highest BCUT2D eigenvalue weighted by Gasteiger charge is 2.15. The van der Waals surface area contributed by atoms with Gasteiger partial charge in [-0.25, -0.2) is 0 Å². The second kappa shape index (κ2) is 9.33. The first kappa shape index (κ1) is 17.4. The van der Waals surface area contributed by atoms with E-state index in [0.29, 0.717) is 43.4 Å². The van der Waals surface area contributed by atoms with Crippen LogP contribution in [0.1, 0.15) is 24.2 Å². The topological polar surface area (TPSA) is 93.8 Å². The van der Waals surface area contributed by atoms with Gasteiger partial charge in [0.15, 0.2) is 5.78 Å². The van der Waals surface area contributed by atoms with Crippen molar-refractivity contribution in [2.75, 3.05) is 38.7 Å². The fraction of sp³-hybridized carbons (Fsp3) is 0.533. The van der Waals surface area contributed by atoms with E-state index in [9.17, 15) is 4.79 Å². The van der Waals surface area contributed by atoms with Crippen molar-refractivity contribution >= 4 is 11.5 Å². The molecule has 0 heterocycles. The zero-order valence-electron chi connectivity index (χ0n) is 12.6. The number of aliphatic hydroxyl groups is 1. The third kappa shape index (κ3) is 5.71. The van der Waals surface area contributed by atoms with E-state index < -0.39 is 0 Å². The van der Waals surface area contributed by atoms with Gasteiger partial charge >= 0.3 is 0 Å². The lowest BCUT2D eigenvalue weighted by Crippen LogP contribution is -2.36. The highest BCUT2D eigenvalue weighted by atomic mass is 16.5. The molecule has 6 nitrogen and oxygen atoms in total. The minimum Gasteiger partial charge on any atom is -0.492 e. The molecule has 118 valence electrons. The number of carbonyl (C=O) groups excluding carboxylic acids is 1. The molecule has 1 rings (SSSR count). The summed E-state index contributed by atoms with van der Waals surface area (Å²) in [6.07, 6.45) is 0. The average Bonchev–Trinajstić information content (AvgIpc) is 2.48. The lowest BCUT2D eigenvalue weighted by molar-refractivity contribution is 0.0870. The number of nitrogen functional groups attached to an aromatic ring is 1. The molecular weight excluding hydrogens is 272 g/mol. The van der Waals surface area contributed by atoms with Gasteiger partial charge in [-0.15, -0.1) is 0 Å². The zero-order valence-corrected chi connectivity index (χ0v) is 12.6. The molecule has 1 aromatic rings. The molecule has 0 aliphatic carbocycles. The summed E-state index contributed by atoms with van der Waals surface area (Å²) in [6.45, 7) is 5.50. The lowest BCUT2D eigenvalue weighted by Gasteiger charge is -2.14. The van der Waals surface area contributed by atoms with E-state index >= 15 is 0 Å². The SMILES string of the molecule is CCOc1ccc(C(=O)C(C)NCCOCCO)cc1N. The van der Waals surface area contributed by atoms with Gasteiger partial charge in [0.25, 0.3) is 0 Å². The Kier molecular flexibility index (Phi) is 7.74. The Morgan fingerprint density at radius 1 is 1.43 bits per heavy atom. The quantitative estimate of drug-likeness (QED) is 0.336. The van der Waals surface area contributed by atoms with Gasteiger partial charge in [0.2, 0.25) is 0 Å². The van der Waals surface area contributed by atoms with Crippen LogP contribution in [0.3, 0.4) is 0 Å². The van der Waals surface area contributed by atoms with E-state index in [2.05, 4.69) is 5.32 Å². The van der Waals surface area contributed by atoms with Crippen molar-refractivity contribution in [2.24, 2.45) is 0 Å². The molecule has 1 aromatic carbocycles. The van der Waals surface area contributed by atoms with Crippen molar-refractivity contribution in [1.82, 2.24) is 5.32 Å². The maximum absolute atomic E-state index is 12.2. The molecule has 4 N–H and O–H groups in total. The van der Waals surface area contributed by atoms with Crippen molar-refractivity contribution < 1.29 is 19.4 Å². The van der Waals surface area contributed by atoms with Gasteiger partial charge in [-0.1, -0.05) is 0 Å². The number of nitrogens with one attached hydrogen (secondary N) is 1. The van der Waals surface area contributed by atoms with Gasteiger partial charge in [0, 0.05) is 12.1 Å². The zero-order chi connectivity index (χ0) is 15.7. The lowest BCUT2D eigenvalue weighted by atomic mass is 10.0. The molecule has 21 heavy (non-hydrogen) atoms. The van der Waals surface area contributed by atoms with Crippen LogP contribution < -0.4 is 15.8 Å². The Labute approximate surface area is 125 Å². The molecule has 0 spiro atoms. The number of ether oxygens (including phenoxy) is 2. The number of ketones is 1. The van der Waals surface area contributed by atoms with Gasteiger partial charge in [0.1, 0.15) is 5.75 Å². The molecule has 0 amide bonds. The largest absolute Gasteiger partial charge is 0.492 e. The predicted octanol–water partition coefficient (Wildman–Crippen LogP) is 0.837. The third-order valence-corrected chi connectivity index (χ3v) is 2.92. The Balaban J connectivity index is 2.52. The van der Waals surface area contributed by atoms with Crippen molar-refractivity contribution in [3.63, 3.8) is 0 Å². The first-order chi connectivity index (χ1) is 10.1. The number of anilines is 1. The summed E-state index contributed by atoms with van der Waals surface area (Å²) in [5.41, 5.74) is 6.87. The number of aliphatic hydroxyl groups excluding tert-OH is 1. The summed E-state index contributed by atoms with van der Waals surface area (Å²) in [5.74, 6) is 0.555. The van der Waals surface area contributed by atoms with Crippen molar-refractivity contribution in [3.05, 3.63) is 23.8 Å². The molecule has 0 radical (unpaired) electrons. The number of benzene rings is 1. The van der Waals surface area contributed by atoms with Crippen molar-refractivity contribution in [3.8, 4) is 5.75 Å². The Morgan fingerprint density at radius 3 is 2.81 bits per heavy atom. The van der Waals surface area contributed by atoms with Crippen LogP contribution in [-0.4, -0.2) is 49.9 Å². The number of hydrogen-bond donors (Lipinski definition) is 3. The molecule has 0 aliphatic rings. The monoisotopic (exact) mass is 296 g/mol. The average molecular weight is 296 g/mol. The van der Waals surface area contributed by atoms with E-state index in [4.69, 9.17) is 20.3 Å². The summed E-state index contributed by atoms with van der Waals surface area (Å²) in [5, 5.41) is 11.6. The standard InChI is InChI=1S/C15H24N2O4/c1-3-21-14-5-4-12(10-13(14)16)15(19)11(2)17-6-8-20-9-7-18/h4-5,10-11,17-18H,3,6-9,16H2,1-2H3. The summed E-state index contributed by atoms with van der Waals surface area (Å²) in [7, 11) is 0. The molecule has 0 saturated carbocycles. The van der Waals surface area contributed by atoms with Crippen LogP contribution in [0.5, 0.6) is 5.75 Å². The van der Waals surface area contributed by atoms with Gasteiger partial charge in [-0.3, -0.25) is 4.79 Å². The van der Waals surface area contributed by atoms with Gasteiger partial charge in [0.05, 0.1) is 38.2 Å². The van der Waals surface area contributed by atoms with Crippen molar-refractivity contribution in [1.29, 1.82) is 0 Å².